The molecule has 6 nitrogen and oxygen atoms in total. The number of hydrogen-bond donors (Lipinski definition) is 3. The lowest BCUT2D eigenvalue weighted by Gasteiger charge is -1.99. The van der Waals surface area contributed by atoms with Gasteiger partial charge in [-0.15, -0.1) is 11.3 Å². The van der Waals surface area contributed by atoms with Crippen LogP contribution in [0.1, 0.15) is 13.3 Å². The van der Waals surface area contributed by atoms with Gasteiger partial charge in [-0.1, -0.05) is 19.1 Å². The quantitative estimate of drug-likeness (QED) is 0.494. The SMILES string of the molecule is CCC(=O)NSc1nc2cc(-c3cccnc3)ccc2s1.NO. The van der Waals surface area contributed by atoms with E-state index in [0.29, 0.717) is 6.42 Å². The standard InChI is InChI=1S/C15H13N3OS2.H3NO/c1-2-14(19)18-21-15-17-12-8-10(5-6-13(12)20-15)11-4-3-7-16-9-11;1-2/h3-9H,2H2,1H3,(H,18,19);2H,1H2. The van der Waals surface area contributed by atoms with E-state index in [1.165, 1.54) is 11.9 Å². The Morgan fingerprint density at radius 1 is 1.35 bits per heavy atom. The number of aromatic nitrogens is 2. The predicted octanol–water partition coefficient (Wildman–Crippen LogP) is 3.23. The van der Waals surface area contributed by atoms with Crippen molar-refractivity contribution in [3.63, 3.8) is 0 Å². The first kappa shape index (κ1) is 17.4. The second kappa shape index (κ2) is 8.59. The summed E-state index contributed by atoms with van der Waals surface area (Å²) in [6.45, 7) is 1.83. The van der Waals surface area contributed by atoms with Gasteiger partial charge in [0, 0.05) is 36.3 Å². The average Bonchev–Trinajstić information content (AvgIpc) is 3.04. The molecule has 0 saturated heterocycles. The fourth-order valence-corrected chi connectivity index (χ4v) is 3.56. The number of thiazole rings is 1. The van der Waals surface area contributed by atoms with Gasteiger partial charge < -0.3 is 5.21 Å². The normalized spacial score (nSPS) is 10.0. The van der Waals surface area contributed by atoms with Crippen molar-refractivity contribution in [2.24, 2.45) is 5.90 Å². The number of nitrogens with two attached hydrogens (primary N) is 1. The fourth-order valence-electron chi connectivity index (χ4n) is 1.84. The van der Waals surface area contributed by atoms with E-state index in [2.05, 4.69) is 38.8 Å². The molecule has 2 aromatic heterocycles. The van der Waals surface area contributed by atoms with Crippen molar-refractivity contribution in [3.8, 4) is 11.1 Å². The lowest BCUT2D eigenvalue weighted by molar-refractivity contribution is -0.118. The van der Waals surface area contributed by atoms with Crippen LogP contribution >= 0.6 is 23.3 Å². The van der Waals surface area contributed by atoms with Gasteiger partial charge in [0.25, 0.3) is 0 Å². The van der Waals surface area contributed by atoms with E-state index in [-0.39, 0.29) is 5.91 Å². The molecule has 0 unspecified atom stereocenters. The fraction of sp³-hybridized carbons (Fsp3) is 0.133. The molecule has 0 aliphatic heterocycles. The Hall–Kier alpha value is -2.00. The van der Waals surface area contributed by atoms with Crippen molar-refractivity contribution >= 4 is 39.4 Å². The maximum absolute atomic E-state index is 11.3. The van der Waals surface area contributed by atoms with Crippen molar-refractivity contribution in [1.29, 1.82) is 0 Å². The number of benzene rings is 1. The number of rotatable bonds is 4. The van der Waals surface area contributed by atoms with E-state index < -0.39 is 0 Å². The molecule has 1 aromatic carbocycles. The highest BCUT2D eigenvalue weighted by atomic mass is 32.2. The smallest absolute Gasteiger partial charge is 0.229 e. The Bertz CT molecular complexity index is 778. The summed E-state index contributed by atoms with van der Waals surface area (Å²) in [4.78, 5) is 20.0. The first-order chi connectivity index (χ1) is 11.3. The topological polar surface area (TPSA) is 101 Å². The largest absolute Gasteiger partial charge is 0.320 e. The zero-order valence-electron chi connectivity index (χ0n) is 12.4. The van der Waals surface area contributed by atoms with E-state index >= 15 is 0 Å². The summed E-state index contributed by atoms with van der Waals surface area (Å²) >= 11 is 2.85. The van der Waals surface area contributed by atoms with Crippen molar-refractivity contribution in [2.75, 3.05) is 0 Å². The van der Waals surface area contributed by atoms with Crippen LogP contribution in [0.4, 0.5) is 0 Å². The van der Waals surface area contributed by atoms with Gasteiger partial charge in [0.2, 0.25) is 5.91 Å². The summed E-state index contributed by atoms with van der Waals surface area (Å²) < 4.78 is 4.72. The van der Waals surface area contributed by atoms with Crippen LogP contribution in [-0.4, -0.2) is 21.1 Å². The van der Waals surface area contributed by atoms with Crippen LogP contribution < -0.4 is 10.6 Å². The van der Waals surface area contributed by atoms with E-state index in [1.807, 2.05) is 25.3 Å². The summed E-state index contributed by atoms with van der Waals surface area (Å²) in [7, 11) is 0. The minimum absolute atomic E-state index is 0.00954. The Morgan fingerprint density at radius 2 is 2.17 bits per heavy atom. The number of carbonyl (C=O) groups is 1. The molecule has 3 rings (SSSR count). The van der Waals surface area contributed by atoms with Crippen LogP contribution in [0.5, 0.6) is 0 Å². The minimum atomic E-state index is 0.00954. The Morgan fingerprint density at radius 3 is 2.87 bits per heavy atom. The maximum Gasteiger partial charge on any atom is 0.229 e. The number of amides is 1. The molecule has 120 valence electrons. The lowest BCUT2D eigenvalue weighted by atomic mass is 10.1. The zero-order chi connectivity index (χ0) is 16.7. The monoisotopic (exact) mass is 348 g/mol. The molecular formula is C15H16N4O2S2. The highest BCUT2D eigenvalue weighted by molar-refractivity contribution is 7.99. The summed E-state index contributed by atoms with van der Waals surface area (Å²) in [5.41, 5.74) is 3.10. The molecule has 3 aromatic rings. The van der Waals surface area contributed by atoms with Crippen LogP contribution in [-0.2, 0) is 4.79 Å². The Balaban J connectivity index is 0.000000924. The number of carbonyl (C=O) groups excluding carboxylic acids is 1. The van der Waals surface area contributed by atoms with Crippen LogP contribution in [0.3, 0.4) is 0 Å². The molecule has 23 heavy (non-hydrogen) atoms. The summed E-state index contributed by atoms with van der Waals surface area (Å²) in [5, 5.41) is 6.50. The van der Waals surface area contributed by atoms with Crippen molar-refractivity contribution in [2.45, 2.75) is 17.7 Å². The number of nitrogens with zero attached hydrogens (tertiary/aromatic N) is 2. The average molecular weight is 348 g/mol. The van der Waals surface area contributed by atoms with Gasteiger partial charge in [0.05, 0.1) is 10.2 Å². The molecular weight excluding hydrogens is 332 g/mol. The van der Waals surface area contributed by atoms with Crippen molar-refractivity contribution in [1.82, 2.24) is 14.7 Å². The van der Waals surface area contributed by atoms with Crippen molar-refractivity contribution < 1.29 is 10.0 Å². The third-order valence-electron chi connectivity index (χ3n) is 2.94. The third kappa shape index (κ3) is 4.49. The molecule has 8 heteroatoms. The third-order valence-corrected chi connectivity index (χ3v) is 4.86. The molecule has 0 bridgehead atoms. The van der Waals surface area contributed by atoms with Gasteiger partial charge in [-0.3, -0.25) is 14.5 Å². The molecule has 0 aliphatic rings. The predicted molar refractivity (Wildman–Crippen MR) is 93.1 cm³/mol. The lowest BCUT2D eigenvalue weighted by Crippen LogP contribution is -2.13. The second-order valence-corrected chi connectivity index (χ2v) is 6.47. The number of nitrogens with one attached hydrogen (secondary N) is 1. The van der Waals surface area contributed by atoms with Gasteiger partial charge >= 0.3 is 0 Å². The van der Waals surface area contributed by atoms with Gasteiger partial charge in [-0.05, 0) is 23.8 Å². The number of hydrogen-bond acceptors (Lipinski definition) is 7. The summed E-state index contributed by atoms with van der Waals surface area (Å²) in [6.07, 6.45) is 4.07. The summed E-state index contributed by atoms with van der Waals surface area (Å²) in [5.74, 6) is 3.51. The molecule has 0 atom stereocenters. The first-order valence-electron chi connectivity index (χ1n) is 6.79. The van der Waals surface area contributed by atoms with Crippen molar-refractivity contribution in [3.05, 3.63) is 42.7 Å². The summed E-state index contributed by atoms with van der Waals surface area (Å²) in [6, 6.07) is 10.1. The van der Waals surface area contributed by atoms with Crippen LogP contribution in [0.25, 0.3) is 21.3 Å². The Labute approximate surface area is 141 Å². The van der Waals surface area contributed by atoms with Gasteiger partial charge in [0.15, 0.2) is 4.34 Å². The molecule has 0 spiro atoms. The van der Waals surface area contributed by atoms with E-state index in [1.54, 1.807) is 17.5 Å². The minimum Gasteiger partial charge on any atom is -0.320 e. The molecule has 0 saturated carbocycles. The zero-order valence-corrected chi connectivity index (χ0v) is 14.0. The maximum atomic E-state index is 11.3. The molecule has 0 fully saturated rings. The van der Waals surface area contributed by atoms with E-state index in [0.717, 1.165) is 25.7 Å². The van der Waals surface area contributed by atoms with Gasteiger partial charge in [-0.25, -0.2) is 10.9 Å². The second-order valence-electron chi connectivity index (χ2n) is 4.38. The van der Waals surface area contributed by atoms with Crippen LogP contribution in [0, 0.1) is 0 Å². The molecule has 4 N–H and O–H groups in total. The first-order valence-corrected chi connectivity index (χ1v) is 8.42. The van der Waals surface area contributed by atoms with Gasteiger partial charge in [0.1, 0.15) is 0 Å². The van der Waals surface area contributed by atoms with Crippen LogP contribution in [0.2, 0.25) is 0 Å². The van der Waals surface area contributed by atoms with E-state index in [9.17, 15) is 4.79 Å². The number of pyridine rings is 1. The molecule has 0 aliphatic carbocycles. The number of fused-ring (bicyclic) bond motifs is 1. The molecule has 1 amide bonds. The van der Waals surface area contributed by atoms with Gasteiger partial charge in [-0.2, -0.15) is 0 Å². The Kier molecular flexibility index (Phi) is 6.48. The molecule has 2 heterocycles. The van der Waals surface area contributed by atoms with E-state index in [4.69, 9.17) is 5.21 Å². The highest BCUT2D eigenvalue weighted by Gasteiger charge is 2.07. The molecule has 0 radical (unpaired) electrons. The highest BCUT2D eigenvalue weighted by Crippen LogP contribution is 2.31. The van der Waals surface area contributed by atoms with Crippen LogP contribution in [0.15, 0.2) is 47.1 Å².